The van der Waals surface area contributed by atoms with Gasteiger partial charge in [0.05, 0.1) is 22.9 Å². The van der Waals surface area contributed by atoms with Crippen molar-refractivity contribution < 1.29 is 28.2 Å². The number of carbonyl (C=O) groups excluding carboxylic acids is 2. The average Bonchev–Trinajstić information content (AvgIpc) is 2.76. The highest BCUT2D eigenvalue weighted by Crippen LogP contribution is 2.54. The Morgan fingerprint density at radius 1 is 1.19 bits per heavy atom. The molecule has 1 unspecified atom stereocenters. The molecule has 5 rings (SSSR count). The molecule has 0 aliphatic heterocycles. The van der Waals surface area contributed by atoms with Crippen molar-refractivity contribution in [2.45, 2.75) is 50.2 Å². The van der Waals surface area contributed by atoms with Gasteiger partial charge in [0.15, 0.2) is 5.78 Å². The van der Waals surface area contributed by atoms with Gasteiger partial charge in [-0.3, -0.25) is 9.59 Å². The molecule has 9 heteroatoms. The highest BCUT2D eigenvalue weighted by atomic mass is 35.5. The van der Waals surface area contributed by atoms with Crippen molar-refractivity contribution in [2.75, 3.05) is 6.61 Å². The van der Waals surface area contributed by atoms with Gasteiger partial charge in [0, 0.05) is 12.5 Å². The second-order valence-electron chi connectivity index (χ2n) is 8.77. The first-order valence-corrected chi connectivity index (χ1v) is 10.8. The van der Waals surface area contributed by atoms with Crippen LogP contribution >= 0.6 is 11.6 Å². The Morgan fingerprint density at radius 2 is 1.94 bits per heavy atom. The van der Waals surface area contributed by atoms with E-state index < -0.39 is 29.2 Å². The van der Waals surface area contributed by atoms with Crippen LogP contribution in [-0.4, -0.2) is 40.0 Å². The first-order chi connectivity index (χ1) is 15.2. The number of aliphatic hydroxyl groups excluding tert-OH is 1. The average molecular weight is 465 g/mol. The number of fused-ring (bicyclic) bond motifs is 3. The fourth-order valence-corrected chi connectivity index (χ4v) is 4.94. The number of hydrogen-bond acceptors (Lipinski definition) is 5. The maximum atomic E-state index is 13.5. The van der Waals surface area contributed by atoms with Gasteiger partial charge >= 0.3 is 0 Å². The highest BCUT2D eigenvalue weighted by molar-refractivity contribution is 6.30. The molecule has 2 N–H and O–H groups in total. The van der Waals surface area contributed by atoms with Gasteiger partial charge in [0.2, 0.25) is 0 Å². The summed E-state index contributed by atoms with van der Waals surface area (Å²) in [6.45, 7) is -0.197. The van der Waals surface area contributed by atoms with Crippen LogP contribution in [-0.2, 0) is 4.79 Å². The van der Waals surface area contributed by atoms with Crippen molar-refractivity contribution in [1.82, 2.24) is 10.3 Å². The lowest BCUT2D eigenvalue weighted by Gasteiger charge is -2.56. The number of amides is 1. The lowest BCUT2D eigenvalue weighted by atomic mass is 9.54. The van der Waals surface area contributed by atoms with E-state index in [0.717, 1.165) is 18.3 Å². The second kappa shape index (κ2) is 8.75. The fraction of sp³-hybridized carbons (Fsp3) is 0.435. The van der Waals surface area contributed by atoms with Gasteiger partial charge in [-0.15, -0.1) is 0 Å². The van der Waals surface area contributed by atoms with Crippen molar-refractivity contribution in [2.24, 2.45) is 5.41 Å². The Labute approximate surface area is 188 Å². The largest absolute Gasteiger partial charge is 0.486 e. The molecule has 0 radical (unpaired) electrons. The van der Waals surface area contributed by atoms with Crippen molar-refractivity contribution >= 4 is 23.3 Å². The third kappa shape index (κ3) is 4.61. The molecule has 3 saturated carbocycles. The Bertz CT molecular complexity index is 1020. The van der Waals surface area contributed by atoms with Crippen molar-refractivity contribution in [3.8, 4) is 5.75 Å². The summed E-state index contributed by atoms with van der Waals surface area (Å²) in [7, 11) is 0. The topological polar surface area (TPSA) is 88.5 Å². The number of hydrogen-bond donors (Lipinski definition) is 2. The van der Waals surface area contributed by atoms with Crippen LogP contribution in [0.25, 0.3) is 0 Å². The number of nitrogens with zero attached hydrogens (tertiary/aromatic N) is 1. The van der Waals surface area contributed by atoms with E-state index in [1.807, 2.05) is 0 Å². The summed E-state index contributed by atoms with van der Waals surface area (Å²) in [6, 6.07) is 6.45. The molecule has 2 bridgehead atoms. The Hall–Kier alpha value is -2.58. The number of carbonyl (C=O) groups is 2. The first-order valence-electron chi connectivity index (χ1n) is 10.4. The predicted molar refractivity (Wildman–Crippen MR) is 112 cm³/mol. The zero-order chi connectivity index (χ0) is 22.9. The highest BCUT2D eigenvalue weighted by Gasteiger charge is 2.55. The molecule has 3 aliphatic carbocycles. The summed E-state index contributed by atoms with van der Waals surface area (Å²) in [5.74, 6) is -1.53. The van der Waals surface area contributed by atoms with E-state index in [1.54, 1.807) is 0 Å². The fourth-order valence-electron chi connectivity index (χ4n) is 4.83. The minimum absolute atomic E-state index is 0.0215. The zero-order valence-electron chi connectivity index (χ0n) is 17.2. The smallest absolute Gasteiger partial charge is 0.270 e. The number of Topliss-reactive ketones (excluding diaryl/α,β-unsaturated/α-hetero) is 1. The van der Waals surface area contributed by atoms with Crippen LogP contribution in [0.2, 0.25) is 5.02 Å². The van der Waals surface area contributed by atoms with Crippen molar-refractivity contribution in [1.29, 1.82) is 0 Å². The van der Waals surface area contributed by atoms with Gasteiger partial charge in [-0.25, -0.2) is 13.8 Å². The molecule has 1 aromatic heterocycles. The van der Waals surface area contributed by atoms with Gasteiger partial charge in [0.1, 0.15) is 29.7 Å². The number of aromatic nitrogens is 1. The van der Waals surface area contributed by atoms with Crippen molar-refractivity contribution in [3.05, 3.63) is 58.9 Å². The maximum Gasteiger partial charge on any atom is 0.270 e. The van der Waals surface area contributed by atoms with Gasteiger partial charge in [-0.2, -0.15) is 0 Å². The monoisotopic (exact) mass is 464 g/mol. The summed E-state index contributed by atoms with van der Waals surface area (Å²) < 4.78 is 32.0. The molecule has 0 saturated heterocycles. The molecule has 32 heavy (non-hydrogen) atoms. The molecule has 3 fully saturated rings. The number of ketones is 1. The summed E-state index contributed by atoms with van der Waals surface area (Å²) in [5, 5.41) is 13.7. The zero-order valence-corrected chi connectivity index (χ0v) is 18.0. The molecular formula is C23H23ClF2N2O4. The molecule has 1 atom stereocenters. The Balaban J connectivity index is 1.34. The number of nitrogens with one attached hydrogen (secondary N) is 1. The molecule has 6 nitrogen and oxygen atoms in total. The normalized spacial score (nSPS) is 26.6. The van der Waals surface area contributed by atoms with Gasteiger partial charge < -0.3 is 15.2 Å². The lowest BCUT2D eigenvalue weighted by molar-refractivity contribution is -0.130. The number of rotatable bonds is 7. The molecule has 3 aliphatic rings. The van der Waals surface area contributed by atoms with Gasteiger partial charge in [-0.05, 0) is 61.8 Å². The van der Waals surface area contributed by atoms with Crippen molar-refractivity contribution in [3.63, 3.8) is 0 Å². The second-order valence-corrected chi connectivity index (χ2v) is 9.18. The third-order valence-corrected chi connectivity index (χ3v) is 6.96. The van der Waals surface area contributed by atoms with E-state index in [2.05, 4.69) is 10.3 Å². The first kappa shape index (κ1) is 22.6. The van der Waals surface area contributed by atoms with Crippen LogP contribution < -0.4 is 10.1 Å². The number of pyridine rings is 1. The van der Waals surface area contributed by atoms with E-state index in [9.17, 15) is 23.5 Å². The van der Waals surface area contributed by atoms with Crippen LogP contribution in [0.15, 0.2) is 36.5 Å². The van der Waals surface area contributed by atoms with E-state index in [-0.39, 0.29) is 40.7 Å². The van der Waals surface area contributed by atoms with E-state index in [1.165, 1.54) is 18.2 Å². The minimum Gasteiger partial charge on any atom is -0.486 e. The predicted octanol–water partition coefficient (Wildman–Crippen LogP) is 3.85. The molecule has 170 valence electrons. The van der Waals surface area contributed by atoms with E-state index in [4.69, 9.17) is 16.3 Å². The Morgan fingerprint density at radius 3 is 2.56 bits per heavy atom. The quantitative estimate of drug-likeness (QED) is 0.650. The number of halogens is 3. The summed E-state index contributed by atoms with van der Waals surface area (Å²) >= 11 is 5.65. The third-order valence-electron chi connectivity index (χ3n) is 6.65. The molecule has 1 aromatic carbocycles. The van der Waals surface area contributed by atoms with Crippen LogP contribution in [0.1, 0.15) is 49.0 Å². The lowest BCUT2D eigenvalue weighted by Crippen LogP contribution is -2.65. The molecule has 2 aromatic rings. The number of aliphatic hydroxyl groups is 1. The SMILES string of the molecule is O=C(COc1ccc(Cl)c(F)c1)CC12CCC(NC(=O)c3ccc(F)cn3)(CC1)C(O)C2. The molecule has 1 amide bonds. The summed E-state index contributed by atoms with van der Waals surface area (Å²) in [6.07, 6.45) is 3.17. The molecule has 0 spiro atoms. The minimum atomic E-state index is -0.812. The maximum absolute atomic E-state index is 13.5. The molecule has 1 heterocycles. The van der Waals surface area contributed by atoms with Gasteiger partial charge in [0.25, 0.3) is 5.91 Å². The van der Waals surface area contributed by atoms with E-state index >= 15 is 0 Å². The Kier molecular flexibility index (Phi) is 6.18. The van der Waals surface area contributed by atoms with E-state index in [0.29, 0.717) is 32.1 Å². The van der Waals surface area contributed by atoms with Crippen LogP contribution in [0.3, 0.4) is 0 Å². The summed E-state index contributed by atoms with van der Waals surface area (Å²) in [5.41, 5.74) is -1.05. The van der Waals surface area contributed by atoms with Gasteiger partial charge in [-0.1, -0.05) is 11.6 Å². The number of benzene rings is 1. The standard InChI is InChI=1S/C23H23ClF2N2O4/c24-17-3-2-16(9-18(17)26)32-13-15(29)10-22-5-7-23(8-6-22,20(30)11-22)28-21(31)19-4-1-14(25)12-27-19/h1-4,9,12,20,30H,5-8,10-11,13H2,(H,28,31). The van der Waals surface area contributed by atoms with Crippen LogP contribution in [0.4, 0.5) is 8.78 Å². The number of ether oxygens (including phenoxy) is 1. The van der Waals surface area contributed by atoms with Crippen LogP contribution in [0.5, 0.6) is 5.75 Å². The van der Waals surface area contributed by atoms with Crippen LogP contribution in [0, 0.1) is 17.0 Å². The molecular weight excluding hydrogens is 442 g/mol. The summed E-state index contributed by atoms with van der Waals surface area (Å²) in [4.78, 5) is 28.9.